The van der Waals surface area contributed by atoms with Crippen molar-refractivity contribution in [2.75, 3.05) is 18.5 Å². The Hall–Kier alpha value is -3.44. The molecule has 0 saturated carbocycles. The average molecular weight is 505 g/mol. The van der Waals surface area contributed by atoms with Crippen LogP contribution in [0.2, 0.25) is 0 Å². The van der Waals surface area contributed by atoms with Crippen molar-refractivity contribution in [3.05, 3.63) is 54.4 Å². The van der Waals surface area contributed by atoms with E-state index < -0.39 is 34.9 Å². The van der Waals surface area contributed by atoms with E-state index in [-0.39, 0.29) is 29.9 Å². The maximum absolute atomic E-state index is 14.1. The fourth-order valence-electron chi connectivity index (χ4n) is 4.21. The van der Waals surface area contributed by atoms with Gasteiger partial charge in [0.1, 0.15) is 11.8 Å². The fourth-order valence-corrected chi connectivity index (χ4v) is 4.21. The quantitative estimate of drug-likeness (QED) is 0.402. The summed E-state index contributed by atoms with van der Waals surface area (Å²) >= 11 is 0. The summed E-state index contributed by atoms with van der Waals surface area (Å²) in [5, 5.41) is 27.7. The van der Waals surface area contributed by atoms with Crippen LogP contribution < -0.4 is 10.1 Å². The van der Waals surface area contributed by atoms with Crippen LogP contribution in [0, 0.1) is 17.6 Å². The monoisotopic (exact) mass is 504 g/mol. The van der Waals surface area contributed by atoms with Crippen LogP contribution >= 0.6 is 0 Å². The minimum atomic E-state index is -0.982. The number of nitrogens with one attached hydrogen (secondary N) is 1. The molecular weight excluding hydrogens is 474 g/mol. The van der Waals surface area contributed by atoms with Crippen molar-refractivity contribution < 1.29 is 33.3 Å². The highest BCUT2D eigenvalue weighted by Crippen LogP contribution is 2.35. The Morgan fingerprint density at radius 3 is 2.64 bits per heavy atom. The molecule has 2 aromatic heterocycles. The lowest BCUT2D eigenvalue weighted by molar-refractivity contribution is -0.120. The van der Waals surface area contributed by atoms with Gasteiger partial charge in [0.05, 0.1) is 18.3 Å². The number of rotatable bonds is 9. The van der Waals surface area contributed by atoms with Crippen molar-refractivity contribution >= 4 is 11.7 Å². The third kappa shape index (κ3) is 6.41. The second-order valence-corrected chi connectivity index (χ2v) is 9.60. The minimum Gasteiger partial charge on any atom is -0.494 e. The molecule has 3 N–H and O–H groups in total. The first-order chi connectivity index (χ1) is 17.1. The van der Waals surface area contributed by atoms with Gasteiger partial charge in [-0.1, -0.05) is 6.07 Å². The van der Waals surface area contributed by atoms with Crippen LogP contribution in [0.1, 0.15) is 39.2 Å². The summed E-state index contributed by atoms with van der Waals surface area (Å²) in [6.45, 7) is 4.70. The number of aromatic hydroxyl groups is 1. The van der Waals surface area contributed by atoms with Gasteiger partial charge < -0.3 is 29.6 Å². The topological polar surface area (TPSA) is 111 Å². The number of carbonyl (C=O) groups is 1. The number of halogens is 2. The molecule has 11 heteroatoms. The van der Waals surface area contributed by atoms with E-state index in [0.717, 1.165) is 25.0 Å². The molecule has 194 valence electrons. The predicted octanol–water partition coefficient (Wildman–Crippen LogP) is 4.23. The summed E-state index contributed by atoms with van der Waals surface area (Å²) in [7, 11) is 0. The van der Waals surface area contributed by atoms with Gasteiger partial charge in [0.2, 0.25) is 5.91 Å². The van der Waals surface area contributed by atoms with Crippen molar-refractivity contribution in [1.29, 1.82) is 0 Å². The first-order valence-electron chi connectivity index (χ1n) is 11.8. The molecule has 36 heavy (non-hydrogen) atoms. The van der Waals surface area contributed by atoms with Gasteiger partial charge in [-0.2, -0.15) is 5.10 Å². The number of aromatic nitrogens is 3. The Morgan fingerprint density at radius 2 is 1.97 bits per heavy atom. The number of nitrogens with zero attached hydrogens (tertiary/aromatic N) is 3. The molecular formula is C25H30F2N4O5. The smallest absolute Gasteiger partial charge is 0.248 e. The number of aliphatic hydroxyl groups is 1. The standard InChI is InChI=1S/C25H30F2N4O5/c1-25(2,34)15-30-9-6-21(29-30)28-24(33)20(12-16-7-10-35-11-8-16)31-14-17(13-22(31)32)36-23-18(26)4-3-5-19(23)27/h3-6,9,13-14,16,20,32,34H,7-8,10-12,15H2,1-2H3,(H,28,29,33)/t20-/m0/s1. The van der Waals surface area contributed by atoms with E-state index in [4.69, 9.17) is 9.47 Å². The molecule has 0 aliphatic carbocycles. The van der Waals surface area contributed by atoms with Gasteiger partial charge in [0.15, 0.2) is 29.1 Å². The SMILES string of the molecule is CC(C)(O)Cn1ccc(NC(=O)[C@H](CC2CCOCC2)n2cc(Oc3c(F)cccc3F)cc2O)n1. The molecule has 3 heterocycles. The molecule has 4 rings (SSSR count). The zero-order valence-corrected chi connectivity index (χ0v) is 20.2. The molecule has 1 saturated heterocycles. The second-order valence-electron chi connectivity index (χ2n) is 9.60. The lowest BCUT2D eigenvalue weighted by Gasteiger charge is -2.27. The first-order valence-corrected chi connectivity index (χ1v) is 11.8. The number of benzene rings is 1. The third-order valence-electron chi connectivity index (χ3n) is 5.92. The minimum absolute atomic E-state index is 0.0178. The Morgan fingerprint density at radius 1 is 1.28 bits per heavy atom. The number of amides is 1. The van der Waals surface area contributed by atoms with E-state index in [2.05, 4.69) is 10.4 Å². The van der Waals surface area contributed by atoms with Crippen LogP contribution in [0.15, 0.2) is 42.7 Å². The third-order valence-corrected chi connectivity index (χ3v) is 5.92. The van der Waals surface area contributed by atoms with E-state index in [0.29, 0.717) is 19.6 Å². The average Bonchev–Trinajstić information content (AvgIpc) is 3.39. The van der Waals surface area contributed by atoms with Crippen molar-refractivity contribution in [1.82, 2.24) is 14.3 Å². The molecule has 0 unspecified atom stereocenters. The largest absolute Gasteiger partial charge is 0.494 e. The Balaban J connectivity index is 1.57. The van der Waals surface area contributed by atoms with Crippen molar-refractivity contribution in [2.45, 2.75) is 51.3 Å². The lowest BCUT2D eigenvalue weighted by Crippen LogP contribution is -2.30. The van der Waals surface area contributed by atoms with Crippen molar-refractivity contribution in [3.63, 3.8) is 0 Å². The van der Waals surface area contributed by atoms with Crippen LogP contribution in [0.5, 0.6) is 17.4 Å². The highest BCUT2D eigenvalue weighted by molar-refractivity contribution is 5.93. The number of ether oxygens (including phenoxy) is 2. The van der Waals surface area contributed by atoms with Gasteiger partial charge in [-0.25, -0.2) is 8.78 Å². The van der Waals surface area contributed by atoms with Gasteiger partial charge >= 0.3 is 0 Å². The number of anilines is 1. The Kier molecular flexibility index (Phi) is 7.60. The molecule has 1 aromatic carbocycles. The van der Waals surface area contributed by atoms with Crippen molar-refractivity contribution in [3.8, 4) is 17.4 Å². The number of hydrogen-bond acceptors (Lipinski definition) is 6. The van der Waals surface area contributed by atoms with Crippen LogP contribution in [-0.4, -0.2) is 49.3 Å². The molecule has 9 nitrogen and oxygen atoms in total. The van der Waals surface area contributed by atoms with E-state index in [9.17, 15) is 23.8 Å². The van der Waals surface area contributed by atoms with Gasteiger partial charge in [0.25, 0.3) is 0 Å². The second kappa shape index (κ2) is 10.7. The maximum atomic E-state index is 14.1. The molecule has 0 spiro atoms. The number of carbonyl (C=O) groups excluding carboxylic acids is 1. The molecule has 1 aliphatic heterocycles. The van der Waals surface area contributed by atoms with E-state index >= 15 is 0 Å². The summed E-state index contributed by atoms with van der Waals surface area (Å²) in [5.74, 6) is -2.66. The Bertz CT molecular complexity index is 1180. The van der Waals surface area contributed by atoms with Gasteiger partial charge in [-0.15, -0.1) is 0 Å². The van der Waals surface area contributed by atoms with Gasteiger partial charge in [-0.05, 0) is 51.2 Å². The summed E-state index contributed by atoms with van der Waals surface area (Å²) < 4.78 is 41.7. The summed E-state index contributed by atoms with van der Waals surface area (Å²) in [4.78, 5) is 13.4. The van der Waals surface area contributed by atoms with E-state index in [1.807, 2.05) is 0 Å². The molecule has 0 bridgehead atoms. The molecule has 1 amide bonds. The van der Waals surface area contributed by atoms with Crippen LogP contribution in [0.3, 0.4) is 0 Å². The van der Waals surface area contributed by atoms with Gasteiger partial charge in [-0.3, -0.25) is 9.48 Å². The Labute approximate surface area is 207 Å². The number of para-hydroxylation sites is 1. The molecule has 3 aromatic rings. The molecule has 1 aliphatic rings. The zero-order valence-electron chi connectivity index (χ0n) is 20.2. The maximum Gasteiger partial charge on any atom is 0.248 e. The molecule has 1 fully saturated rings. The highest BCUT2D eigenvalue weighted by atomic mass is 19.1. The summed E-state index contributed by atoms with van der Waals surface area (Å²) in [6.07, 6.45) is 4.90. The summed E-state index contributed by atoms with van der Waals surface area (Å²) in [5.41, 5.74) is -0.982. The molecule has 0 radical (unpaired) electrons. The molecule has 1 atom stereocenters. The van der Waals surface area contributed by atoms with Crippen molar-refractivity contribution in [2.24, 2.45) is 5.92 Å². The highest BCUT2D eigenvalue weighted by Gasteiger charge is 2.29. The first kappa shape index (κ1) is 25.6. The van der Waals surface area contributed by atoms with Crippen LogP contribution in [0.25, 0.3) is 0 Å². The zero-order chi connectivity index (χ0) is 25.9. The van der Waals surface area contributed by atoms with Crippen LogP contribution in [-0.2, 0) is 16.1 Å². The van der Waals surface area contributed by atoms with E-state index in [1.54, 1.807) is 26.1 Å². The summed E-state index contributed by atoms with van der Waals surface area (Å²) in [6, 6.07) is 5.31. The van der Waals surface area contributed by atoms with Gasteiger partial charge in [0, 0.05) is 31.5 Å². The normalized spacial score (nSPS) is 15.6. The fraction of sp³-hybridized carbons (Fsp3) is 0.440. The lowest BCUT2D eigenvalue weighted by atomic mass is 9.92. The van der Waals surface area contributed by atoms with Crippen LogP contribution in [0.4, 0.5) is 14.6 Å². The van der Waals surface area contributed by atoms with E-state index in [1.165, 1.54) is 27.6 Å². The predicted molar refractivity (Wildman–Crippen MR) is 127 cm³/mol. The number of hydrogen-bond donors (Lipinski definition) is 3.